The molecule has 0 unspecified atom stereocenters. The summed E-state index contributed by atoms with van der Waals surface area (Å²) in [6.07, 6.45) is 3.19. The SMILES string of the molecule is O=c1c2c3c(sc2nc2[nH]nc(-c4ccccc4)n12)CCC3. The van der Waals surface area contributed by atoms with Gasteiger partial charge in [-0.15, -0.1) is 11.3 Å². The smallest absolute Gasteiger partial charge is 0.268 e. The molecule has 0 fully saturated rings. The van der Waals surface area contributed by atoms with Crippen molar-refractivity contribution in [2.45, 2.75) is 19.3 Å². The van der Waals surface area contributed by atoms with Gasteiger partial charge in [0.15, 0.2) is 5.82 Å². The van der Waals surface area contributed by atoms with Crippen LogP contribution in [0.2, 0.25) is 0 Å². The number of rotatable bonds is 1. The Hall–Kier alpha value is -2.47. The zero-order valence-corrected chi connectivity index (χ0v) is 12.5. The normalized spacial score (nSPS) is 14.0. The molecule has 1 aliphatic carbocycles. The first-order chi connectivity index (χ1) is 10.8. The molecule has 5 nitrogen and oxygen atoms in total. The number of aromatic nitrogens is 4. The summed E-state index contributed by atoms with van der Waals surface area (Å²) < 4.78 is 1.60. The maximum atomic E-state index is 13.0. The molecule has 6 heteroatoms. The summed E-state index contributed by atoms with van der Waals surface area (Å²) in [4.78, 5) is 19.8. The number of aromatic amines is 1. The summed E-state index contributed by atoms with van der Waals surface area (Å²) in [5.74, 6) is 1.13. The molecule has 3 aromatic heterocycles. The third-order valence-corrected chi connectivity index (χ3v) is 5.43. The lowest BCUT2D eigenvalue weighted by molar-refractivity contribution is 0.916. The molecule has 0 saturated heterocycles. The number of nitrogens with one attached hydrogen (secondary N) is 1. The van der Waals surface area contributed by atoms with E-state index in [2.05, 4.69) is 15.2 Å². The summed E-state index contributed by atoms with van der Waals surface area (Å²) in [5.41, 5.74) is 2.10. The summed E-state index contributed by atoms with van der Waals surface area (Å²) in [7, 11) is 0. The fourth-order valence-electron chi connectivity index (χ4n) is 3.25. The highest BCUT2D eigenvalue weighted by Crippen LogP contribution is 2.35. The van der Waals surface area contributed by atoms with E-state index in [1.165, 1.54) is 10.4 Å². The van der Waals surface area contributed by atoms with E-state index < -0.39 is 0 Å². The van der Waals surface area contributed by atoms with Gasteiger partial charge in [-0.1, -0.05) is 30.3 Å². The minimum Gasteiger partial charge on any atom is -0.268 e. The van der Waals surface area contributed by atoms with Gasteiger partial charge < -0.3 is 0 Å². The Morgan fingerprint density at radius 1 is 1.18 bits per heavy atom. The van der Waals surface area contributed by atoms with Crippen molar-refractivity contribution in [1.29, 1.82) is 0 Å². The second kappa shape index (κ2) is 4.27. The number of aryl methyl sites for hydroxylation is 2. The summed E-state index contributed by atoms with van der Waals surface area (Å²) in [5, 5.41) is 7.98. The largest absolute Gasteiger partial charge is 0.269 e. The Morgan fingerprint density at radius 3 is 2.91 bits per heavy atom. The molecule has 3 heterocycles. The van der Waals surface area contributed by atoms with Gasteiger partial charge in [-0.2, -0.15) is 5.10 Å². The molecule has 0 saturated carbocycles. The van der Waals surface area contributed by atoms with Gasteiger partial charge in [0.05, 0.1) is 5.39 Å². The zero-order chi connectivity index (χ0) is 14.7. The van der Waals surface area contributed by atoms with Crippen LogP contribution in [0.1, 0.15) is 16.9 Å². The van der Waals surface area contributed by atoms with Crippen LogP contribution in [-0.4, -0.2) is 19.6 Å². The van der Waals surface area contributed by atoms with Crippen molar-refractivity contribution >= 4 is 27.3 Å². The number of H-pyrrole nitrogens is 1. The molecule has 0 radical (unpaired) electrons. The first-order valence-electron chi connectivity index (χ1n) is 7.30. The maximum Gasteiger partial charge on any atom is 0.269 e. The topological polar surface area (TPSA) is 63.0 Å². The van der Waals surface area contributed by atoms with E-state index >= 15 is 0 Å². The Kier molecular flexibility index (Phi) is 2.35. The van der Waals surface area contributed by atoms with Crippen LogP contribution in [0.5, 0.6) is 0 Å². The molecule has 1 aromatic carbocycles. The van der Waals surface area contributed by atoms with Gasteiger partial charge in [0.1, 0.15) is 4.83 Å². The first-order valence-corrected chi connectivity index (χ1v) is 8.11. The van der Waals surface area contributed by atoms with Crippen LogP contribution in [0.25, 0.3) is 27.4 Å². The minimum atomic E-state index is -0.00740. The van der Waals surface area contributed by atoms with E-state index in [0.29, 0.717) is 11.6 Å². The first kappa shape index (κ1) is 12.1. The van der Waals surface area contributed by atoms with Gasteiger partial charge in [0.2, 0.25) is 5.78 Å². The summed E-state index contributed by atoms with van der Waals surface area (Å²) in [6.45, 7) is 0. The molecule has 0 aliphatic heterocycles. The fourth-order valence-corrected chi connectivity index (χ4v) is 4.50. The Labute approximate surface area is 129 Å². The van der Waals surface area contributed by atoms with Gasteiger partial charge in [0, 0.05) is 10.4 Å². The Balaban J connectivity index is 1.92. The summed E-state index contributed by atoms with van der Waals surface area (Å²) in [6, 6.07) is 9.72. The predicted molar refractivity (Wildman–Crippen MR) is 86.5 cm³/mol. The van der Waals surface area contributed by atoms with Crippen molar-refractivity contribution in [2.24, 2.45) is 0 Å². The van der Waals surface area contributed by atoms with E-state index in [1.54, 1.807) is 15.7 Å². The third kappa shape index (κ3) is 1.50. The highest BCUT2D eigenvalue weighted by atomic mass is 32.1. The predicted octanol–water partition coefficient (Wildman–Crippen LogP) is 2.79. The molecule has 1 aliphatic rings. The van der Waals surface area contributed by atoms with Crippen molar-refractivity contribution < 1.29 is 0 Å². The number of nitrogens with zero attached hydrogens (tertiary/aromatic N) is 3. The van der Waals surface area contributed by atoms with Crippen LogP contribution in [0, 0.1) is 0 Å². The van der Waals surface area contributed by atoms with Crippen molar-refractivity contribution in [1.82, 2.24) is 19.6 Å². The molecule has 5 rings (SSSR count). The highest BCUT2D eigenvalue weighted by Gasteiger charge is 2.23. The van der Waals surface area contributed by atoms with E-state index in [-0.39, 0.29) is 5.56 Å². The molecule has 0 amide bonds. The van der Waals surface area contributed by atoms with Gasteiger partial charge in [-0.05, 0) is 24.8 Å². The lowest BCUT2D eigenvalue weighted by Crippen LogP contribution is -2.15. The van der Waals surface area contributed by atoms with Crippen molar-refractivity contribution in [3.8, 4) is 11.4 Å². The monoisotopic (exact) mass is 308 g/mol. The van der Waals surface area contributed by atoms with E-state index in [1.807, 2.05) is 30.3 Å². The van der Waals surface area contributed by atoms with Gasteiger partial charge in [-0.25, -0.2) is 14.5 Å². The zero-order valence-electron chi connectivity index (χ0n) is 11.7. The lowest BCUT2D eigenvalue weighted by atomic mass is 10.2. The van der Waals surface area contributed by atoms with E-state index in [4.69, 9.17) is 0 Å². The van der Waals surface area contributed by atoms with Crippen molar-refractivity contribution in [3.63, 3.8) is 0 Å². The highest BCUT2D eigenvalue weighted by molar-refractivity contribution is 7.18. The lowest BCUT2D eigenvalue weighted by Gasteiger charge is -2.00. The van der Waals surface area contributed by atoms with E-state index in [0.717, 1.165) is 35.0 Å². The second-order valence-corrected chi connectivity index (χ2v) is 6.61. The molecule has 108 valence electrons. The number of hydrogen-bond donors (Lipinski definition) is 1. The molecule has 0 spiro atoms. The molecule has 22 heavy (non-hydrogen) atoms. The fraction of sp³-hybridized carbons (Fsp3) is 0.188. The van der Waals surface area contributed by atoms with Crippen LogP contribution in [-0.2, 0) is 12.8 Å². The average molecular weight is 308 g/mol. The van der Waals surface area contributed by atoms with Crippen LogP contribution in [0.3, 0.4) is 0 Å². The maximum absolute atomic E-state index is 13.0. The molecule has 1 N–H and O–H groups in total. The average Bonchev–Trinajstić information content (AvgIpc) is 3.21. The molecular formula is C16H12N4OS. The van der Waals surface area contributed by atoms with Gasteiger partial charge in [0.25, 0.3) is 5.56 Å². The second-order valence-electron chi connectivity index (χ2n) is 5.53. The van der Waals surface area contributed by atoms with Crippen molar-refractivity contribution in [3.05, 3.63) is 51.1 Å². The Bertz CT molecular complexity index is 1070. The molecule has 0 atom stereocenters. The van der Waals surface area contributed by atoms with Crippen LogP contribution >= 0.6 is 11.3 Å². The van der Waals surface area contributed by atoms with Gasteiger partial charge in [-0.3, -0.25) is 4.79 Å². The quantitative estimate of drug-likeness (QED) is 0.588. The Morgan fingerprint density at radius 2 is 2.05 bits per heavy atom. The van der Waals surface area contributed by atoms with Crippen LogP contribution < -0.4 is 5.56 Å². The third-order valence-electron chi connectivity index (χ3n) is 4.24. The van der Waals surface area contributed by atoms with E-state index in [9.17, 15) is 4.79 Å². The number of benzene rings is 1. The number of hydrogen-bond acceptors (Lipinski definition) is 4. The van der Waals surface area contributed by atoms with Crippen LogP contribution in [0.15, 0.2) is 35.1 Å². The van der Waals surface area contributed by atoms with Crippen molar-refractivity contribution in [2.75, 3.05) is 0 Å². The number of thiophene rings is 1. The standard InChI is InChI=1S/C16H12N4OS/c21-15-12-10-7-4-8-11(10)22-14(12)17-16-19-18-13(20(15)16)9-5-2-1-3-6-9/h1-3,5-6H,4,7-8H2,(H,17,19). The van der Waals surface area contributed by atoms with Gasteiger partial charge >= 0.3 is 0 Å². The molecular weight excluding hydrogens is 296 g/mol. The minimum absolute atomic E-state index is 0.00740. The number of fused-ring (bicyclic) bond motifs is 4. The summed E-state index contributed by atoms with van der Waals surface area (Å²) >= 11 is 1.65. The van der Waals surface area contributed by atoms with Crippen LogP contribution in [0.4, 0.5) is 0 Å². The molecule has 0 bridgehead atoms. The molecule has 4 aromatic rings.